The van der Waals surface area contributed by atoms with E-state index in [-0.39, 0.29) is 5.91 Å². The molecular weight excluding hydrogens is 412 g/mol. The Morgan fingerprint density at radius 3 is 2.61 bits per heavy atom. The average molecular weight is 441 g/mol. The first-order valence-electron chi connectivity index (χ1n) is 10.9. The fourth-order valence-electron chi connectivity index (χ4n) is 4.38. The van der Waals surface area contributed by atoms with Crippen molar-refractivity contribution in [3.63, 3.8) is 0 Å². The Bertz CT molecular complexity index is 1100. The van der Waals surface area contributed by atoms with Crippen LogP contribution in [-0.4, -0.2) is 27.8 Å². The number of hydrogen-bond acceptors (Lipinski definition) is 4. The maximum atomic E-state index is 12.7. The molecule has 3 aromatic rings. The Labute approximate surface area is 187 Å². The predicted molar refractivity (Wildman–Crippen MR) is 124 cm³/mol. The van der Waals surface area contributed by atoms with Crippen molar-refractivity contribution in [3.05, 3.63) is 46.9 Å². The molecule has 0 atom stereocenters. The smallest absolute Gasteiger partial charge is 0.257 e. The van der Waals surface area contributed by atoms with E-state index in [2.05, 4.69) is 35.0 Å². The van der Waals surface area contributed by atoms with Crippen molar-refractivity contribution in [2.45, 2.75) is 52.5 Å². The minimum atomic E-state index is -0.286. The molecule has 1 aromatic carbocycles. The molecule has 6 nitrogen and oxygen atoms in total. The fourth-order valence-corrected chi connectivity index (χ4v) is 4.55. The minimum absolute atomic E-state index is 0.286. The number of carbonyl (C=O) groups excluding carboxylic acids is 1. The van der Waals surface area contributed by atoms with E-state index in [1.54, 1.807) is 20.1 Å². The second-order valence-corrected chi connectivity index (χ2v) is 9.19. The maximum Gasteiger partial charge on any atom is 0.257 e. The largest absolute Gasteiger partial charge is 0.494 e. The highest BCUT2D eigenvalue weighted by Gasteiger charge is 2.25. The lowest BCUT2D eigenvalue weighted by molar-refractivity contribution is 0.102. The standard InChI is InChI=1S/C24H29ClN4O2/c1-14(2)16-5-7-19(8-6-16)29-13-18-10-22(23(31-4)11-21(18)28-29)27-24(30)17-9-20(25)15(3)26-12-17/h9-14,16,19H,5-8H2,1-4H3,(H,27,30)/t16-,19-. The lowest BCUT2D eigenvalue weighted by atomic mass is 9.80. The number of rotatable bonds is 5. The number of amides is 1. The van der Waals surface area contributed by atoms with Gasteiger partial charge in [0.15, 0.2) is 0 Å². The van der Waals surface area contributed by atoms with Crippen LogP contribution < -0.4 is 10.1 Å². The van der Waals surface area contributed by atoms with E-state index in [1.165, 1.54) is 19.0 Å². The van der Waals surface area contributed by atoms with Gasteiger partial charge in [-0.15, -0.1) is 0 Å². The van der Waals surface area contributed by atoms with Crippen LogP contribution in [-0.2, 0) is 0 Å². The van der Waals surface area contributed by atoms with Crippen LogP contribution in [0, 0.1) is 18.8 Å². The third-order valence-corrected chi connectivity index (χ3v) is 6.82. The lowest BCUT2D eigenvalue weighted by Gasteiger charge is -2.30. The molecule has 7 heteroatoms. The Kier molecular flexibility index (Phi) is 6.19. The number of methoxy groups -OCH3 is 1. The number of nitrogens with zero attached hydrogens (tertiary/aromatic N) is 3. The molecule has 0 unspecified atom stereocenters. The highest BCUT2D eigenvalue weighted by molar-refractivity contribution is 6.31. The lowest BCUT2D eigenvalue weighted by Crippen LogP contribution is -2.21. The highest BCUT2D eigenvalue weighted by atomic mass is 35.5. The summed E-state index contributed by atoms with van der Waals surface area (Å²) in [5.41, 5.74) is 2.54. The van der Waals surface area contributed by atoms with E-state index in [1.807, 2.05) is 12.1 Å². The number of aryl methyl sites for hydroxylation is 1. The quantitative estimate of drug-likeness (QED) is 0.525. The van der Waals surface area contributed by atoms with Crippen LogP contribution in [0.2, 0.25) is 5.02 Å². The minimum Gasteiger partial charge on any atom is -0.494 e. The van der Waals surface area contributed by atoms with Crippen molar-refractivity contribution in [1.29, 1.82) is 0 Å². The van der Waals surface area contributed by atoms with Crippen LogP contribution >= 0.6 is 11.6 Å². The number of ether oxygens (including phenoxy) is 1. The molecule has 2 heterocycles. The summed E-state index contributed by atoms with van der Waals surface area (Å²) in [5, 5.41) is 9.17. The van der Waals surface area contributed by atoms with Gasteiger partial charge >= 0.3 is 0 Å². The molecule has 1 amide bonds. The summed E-state index contributed by atoms with van der Waals surface area (Å²) in [6.07, 6.45) is 8.40. The van der Waals surface area contributed by atoms with Crippen LogP contribution in [0.15, 0.2) is 30.6 Å². The zero-order chi connectivity index (χ0) is 22.1. The van der Waals surface area contributed by atoms with Gasteiger partial charge in [-0.2, -0.15) is 5.10 Å². The van der Waals surface area contributed by atoms with Gasteiger partial charge in [-0.1, -0.05) is 25.4 Å². The van der Waals surface area contributed by atoms with Crippen LogP contribution in [0.4, 0.5) is 5.69 Å². The van der Waals surface area contributed by atoms with E-state index >= 15 is 0 Å². The van der Waals surface area contributed by atoms with Gasteiger partial charge in [0, 0.05) is 23.8 Å². The molecule has 1 N–H and O–H groups in total. The number of halogens is 1. The number of pyridine rings is 1. The van der Waals surface area contributed by atoms with E-state index in [4.69, 9.17) is 21.4 Å². The van der Waals surface area contributed by atoms with Crippen molar-refractivity contribution in [2.24, 2.45) is 11.8 Å². The molecule has 0 radical (unpaired) electrons. The van der Waals surface area contributed by atoms with E-state index in [9.17, 15) is 4.79 Å². The van der Waals surface area contributed by atoms with Gasteiger partial charge in [0.1, 0.15) is 5.75 Å². The molecule has 0 spiro atoms. The first-order chi connectivity index (χ1) is 14.9. The number of carbonyl (C=O) groups is 1. The first-order valence-corrected chi connectivity index (χ1v) is 11.2. The van der Waals surface area contributed by atoms with Crippen molar-refractivity contribution >= 4 is 34.1 Å². The molecule has 164 valence electrons. The second kappa shape index (κ2) is 8.87. The molecule has 1 saturated carbocycles. The molecule has 1 fully saturated rings. The summed E-state index contributed by atoms with van der Waals surface area (Å²) in [5.74, 6) is 1.84. The highest BCUT2D eigenvalue weighted by Crippen LogP contribution is 2.37. The van der Waals surface area contributed by atoms with E-state index in [0.717, 1.165) is 35.6 Å². The molecule has 0 bridgehead atoms. The second-order valence-electron chi connectivity index (χ2n) is 8.78. The third kappa shape index (κ3) is 4.54. The van der Waals surface area contributed by atoms with Crippen LogP contribution in [0.1, 0.15) is 61.6 Å². The monoisotopic (exact) mass is 440 g/mol. The molecule has 4 rings (SSSR count). The van der Waals surface area contributed by atoms with E-state index < -0.39 is 0 Å². The van der Waals surface area contributed by atoms with Gasteiger partial charge < -0.3 is 10.1 Å². The Balaban J connectivity index is 1.57. The van der Waals surface area contributed by atoms with Crippen LogP contribution in [0.25, 0.3) is 10.9 Å². The first kappa shape index (κ1) is 21.6. The van der Waals surface area contributed by atoms with Gasteiger partial charge in [-0.05, 0) is 56.6 Å². The Morgan fingerprint density at radius 2 is 1.97 bits per heavy atom. The fraction of sp³-hybridized carbons (Fsp3) is 0.458. The van der Waals surface area contributed by atoms with Gasteiger partial charge in [0.25, 0.3) is 5.91 Å². The number of fused-ring (bicyclic) bond motifs is 1. The van der Waals surface area contributed by atoms with Gasteiger partial charge in [0.2, 0.25) is 0 Å². The Morgan fingerprint density at radius 1 is 1.23 bits per heavy atom. The summed E-state index contributed by atoms with van der Waals surface area (Å²) >= 11 is 6.12. The van der Waals surface area contributed by atoms with Crippen LogP contribution in [0.5, 0.6) is 5.75 Å². The van der Waals surface area contributed by atoms with Crippen molar-refractivity contribution in [2.75, 3.05) is 12.4 Å². The summed E-state index contributed by atoms with van der Waals surface area (Å²) in [4.78, 5) is 16.9. The molecule has 0 saturated heterocycles. The topological polar surface area (TPSA) is 69.0 Å². The maximum absolute atomic E-state index is 12.7. The molecular formula is C24H29ClN4O2. The van der Waals surface area contributed by atoms with Crippen molar-refractivity contribution in [3.8, 4) is 5.75 Å². The Hall–Kier alpha value is -2.60. The van der Waals surface area contributed by atoms with Gasteiger partial charge in [0.05, 0.1) is 40.6 Å². The summed E-state index contributed by atoms with van der Waals surface area (Å²) in [6.45, 7) is 6.43. The third-order valence-electron chi connectivity index (χ3n) is 6.44. The number of anilines is 1. The molecule has 0 aliphatic heterocycles. The summed E-state index contributed by atoms with van der Waals surface area (Å²) in [6, 6.07) is 5.84. The SMILES string of the molecule is COc1cc2nn([C@H]3CC[C@H](C(C)C)CC3)cc2cc1NC(=O)c1cnc(C)c(Cl)c1. The van der Waals surface area contributed by atoms with Gasteiger partial charge in [-0.3, -0.25) is 14.5 Å². The molecule has 1 aliphatic rings. The van der Waals surface area contributed by atoms with E-state index in [0.29, 0.717) is 33.8 Å². The molecule has 1 aliphatic carbocycles. The molecule has 2 aromatic heterocycles. The van der Waals surface area contributed by atoms with Gasteiger partial charge in [-0.25, -0.2) is 0 Å². The number of benzene rings is 1. The number of aromatic nitrogens is 3. The van der Waals surface area contributed by atoms with Crippen LogP contribution in [0.3, 0.4) is 0 Å². The predicted octanol–water partition coefficient (Wildman–Crippen LogP) is 6.04. The zero-order valence-corrected chi connectivity index (χ0v) is 19.2. The summed E-state index contributed by atoms with van der Waals surface area (Å²) in [7, 11) is 1.59. The number of nitrogens with one attached hydrogen (secondary N) is 1. The molecule has 31 heavy (non-hydrogen) atoms. The average Bonchev–Trinajstić information content (AvgIpc) is 3.18. The summed E-state index contributed by atoms with van der Waals surface area (Å²) < 4.78 is 7.62. The zero-order valence-electron chi connectivity index (χ0n) is 18.5. The number of hydrogen-bond donors (Lipinski definition) is 1. The normalized spacial score (nSPS) is 19.0. The van der Waals surface area contributed by atoms with Crippen molar-refractivity contribution in [1.82, 2.24) is 14.8 Å². The van der Waals surface area contributed by atoms with Crippen molar-refractivity contribution < 1.29 is 9.53 Å².